The van der Waals surface area contributed by atoms with E-state index in [1.807, 2.05) is 12.1 Å². The zero-order chi connectivity index (χ0) is 11.4. The first-order chi connectivity index (χ1) is 7.83. The van der Waals surface area contributed by atoms with Gasteiger partial charge >= 0.3 is 0 Å². The summed E-state index contributed by atoms with van der Waals surface area (Å²) in [7, 11) is 0. The van der Waals surface area contributed by atoms with Crippen LogP contribution in [0.15, 0.2) is 18.2 Å². The minimum absolute atomic E-state index is 0.791. The molecule has 1 aliphatic heterocycles. The molecule has 0 unspecified atom stereocenters. The van der Waals surface area contributed by atoms with E-state index >= 15 is 0 Å². The molecule has 1 aliphatic rings. The van der Waals surface area contributed by atoms with E-state index in [1.54, 1.807) is 0 Å². The minimum atomic E-state index is 0.791. The van der Waals surface area contributed by atoms with Gasteiger partial charge in [0.1, 0.15) is 0 Å². The van der Waals surface area contributed by atoms with E-state index in [0.717, 1.165) is 43.1 Å². The summed E-state index contributed by atoms with van der Waals surface area (Å²) in [6.45, 7) is 3.65. The molecule has 0 aliphatic carbocycles. The molecule has 0 saturated carbocycles. The topological polar surface area (TPSA) is 12.5 Å². The van der Waals surface area contributed by atoms with Crippen LogP contribution in [0.5, 0.6) is 0 Å². The Bertz CT molecular complexity index is 351. The number of anilines is 1. The number of hydrogen-bond donors (Lipinski definition) is 0. The quantitative estimate of drug-likeness (QED) is 0.776. The molecular formula is C12H15BrClNO. The normalized spacial score (nSPS) is 17.2. The van der Waals surface area contributed by atoms with Gasteiger partial charge in [0.25, 0.3) is 0 Å². The number of nitrogens with zero attached hydrogens (tertiary/aromatic N) is 1. The first kappa shape index (κ1) is 12.2. The van der Waals surface area contributed by atoms with Crippen molar-refractivity contribution in [2.75, 3.05) is 31.2 Å². The summed E-state index contributed by atoms with van der Waals surface area (Å²) in [5, 5.41) is 1.62. The molecule has 1 aromatic rings. The Morgan fingerprint density at radius 1 is 1.31 bits per heavy atom. The first-order valence-corrected chi connectivity index (χ1v) is 6.99. The summed E-state index contributed by atoms with van der Waals surface area (Å²) in [5.74, 6) is 0. The molecule has 16 heavy (non-hydrogen) atoms. The maximum Gasteiger partial charge on any atom is 0.0641 e. The maximum absolute atomic E-state index is 6.20. The van der Waals surface area contributed by atoms with E-state index in [4.69, 9.17) is 16.3 Å². The van der Waals surface area contributed by atoms with Crippen molar-refractivity contribution >= 4 is 33.2 Å². The Labute approximate surface area is 110 Å². The van der Waals surface area contributed by atoms with Crippen molar-refractivity contribution in [3.63, 3.8) is 0 Å². The fraction of sp³-hybridized carbons (Fsp3) is 0.500. The largest absolute Gasteiger partial charge is 0.380 e. The monoisotopic (exact) mass is 303 g/mol. The molecule has 4 heteroatoms. The fourth-order valence-corrected chi connectivity index (χ4v) is 2.95. The van der Waals surface area contributed by atoms with E-state index < -0.39 is 0 Å². The van der Waals surface area contributed by atoms with E-state index in [0.29, 0.717) is 0 Å². The Balaban J connectivity index is 2.27. The number of ether oxygens (including phenoxy) is 1. The Hall–Kier alpha value is -0.250. The Morgan fingerprint density at radius 2 is 2.19 bits per heavy atom. The number of alkyl halides is 1. The van der Waals surface area contributed by atoms with Gasteiger partial charge in [0.15, 0.2) is 0 Å². The van der Waals surface area contributed by atoms with Crippen LogP contribution in [0, 0.1) is 0 Å². The molecule has 0 radical (unpaired) electrons. The van der Waals surface area contributed by atoms with Crippen molar-refractivity contribution in [2.45, 2.75) is 11.8 Å². The second-order valence-corrected chi connectivity index (χ2v) is 4.79. The van der Waals surface area contributed by atoms with E-state index in [1.165, 1.54) is 11.3 Å². The number of hydrogen-bond acceptors (Lipinski definition) is 2. The zero-order valence-corrected chi connectivity index (χ0v) is 11.4. The van der Waals surface area contributed by atoms with Crippen molar-refractivity contribution in [3.05, 3.63) is 28.8 Å². The number of rotatable bonds is 2. The van der Waals surface area contributed by atoms with Crippen LogP contribution in [0.2, 0.25) is 5.02 Å². The van der Waals surface area contributed by atoms with Crippen molar-refractivity contribution in [3.8, 4) is 0 Å². The van der Waals surface area contributed by atoms with Gasteiger partial charge in [-0.25, -0.2) is 0 Å². The molecule has 0 N–H and O–H groups in total. The van der Waals surface area contributed by atoms with Crippen LogP contribution >= 0.6 is 27.5 Å². The Kier molecular flexibility index (Phi) is 4.50. The Morgan fingerprint density at radius 3 is 3.00 bits per heavy atom. The molecule has 1 aromatic carbocycles. The van der Waals surface area contributed by atoms with E-state index in [-0.39, 0.29) is 0 Å². The molecule has 88 valence electrons. The lowest BCUT2D eigenvalue weighted by molar-refractivity contribution is 0.152. The summed E-state index contributed by atoms with van der Waals surface area (Å²) in [5.41, 5.74) is 2.40. The average molecular weight is 305 g/mol. The predicted molar refractivity (Wildman–Crippen MR) is 71.7 cm³/mol. The van der Waals surface area contributed by atoms with Gasteiger partial charge < -0.3 is 9.64 Å². The lowest BCUT2D eigenvalue weighted by Crippen LogP contribution is -2.26. The van der Waals surface area contributed by atoms with Gasteiger partial charge in [0.2, 0.25) is 0 Å². The number of benzene rings is 1. The van der Waals surface area contributed by atoms with Gasteiger partial charge in [-0.15, -0.1) is 0 Å². The van der Waals surface area contributed by atoms with Crippen LogP contribution in [-0.2, 0) is 10.1 Å². The van der Waals surface area contributed by atoms with Gasteiger partial charge in [-0.05, 0) is 18.6 Å². The van der Waals surface area contributed by atoms with Crippen LogP contribution in [-0.4, -0.2) is 26.3 Å². The molecular weight excluding hydrogens is 289 g/mol. The van der Waals surface area contributed by atoms with Crippen molar-refractivity contribution in [2.24, 2.45) is 0 Å². The van der Waals surface area contributed by atoms with Crippen LogP contribution in [0.4, 0.5) is 5.69 Å². The van der Waals surface area contributed by atoms with Gasteiger partial charge in [-0.3, -0.25) is 0 Å². The fourth-order valence-electron chi connectivity index (χ4n) is 1.96. The van der Waals surface area contributed by atoms with Crippen molar-refractivity contribution < 1.29 is 4.74 Å². The molecule has 1 saturated heterocycles. The minimum Gasteiger partial charge on any atom is -0.380 e. The molecule has 2 rings (SSSR count). The predicted octanol–water partition coefficient (Wildman–Crippen LogP) is 3.46. The highest BCUT2D eigenvalue weighted by Gasteiger charge is 2.14. The third-order valence-corrected chi connectivity index (χ3v) is 3.71. The lowest BCUT2D eigenvalue weighted by atomic mass is 10.1. The summed E-state index contributed by atoms with van der Waals surface area (Å²) < 4.78 is 5.46. The summed E-state index contributed by atoms with van der Waals surface area (Å²) in [4.78, 5) is 2.36. The lowest BCUT2D eigenvalue weighted by Gasteiger charge is -2.24. The molecule has 0 atom stereocenters. The first-order valence-electron chi connectivity index (χ1n) is 5.49. The third-order valence-electron chi connectivity index (χ3n) is 2.79. The third kappa shape index (κ3) is 2.70. The smallest absolute Gasteiger partial charge is 0.0641 e. The van der Waals surface area contributed by atoms with Crippen LogP contribution in [0.1, 0.15) is 12.0 Å². The highest BCUT2D eigenvalue weighted by Crippen LogP contribution is 2.30. The van der Waals surface area contributed by atoms with Crippen molar-refractivity contribution in [1.82, 2.24) is 0 Å². The summed E-state index contributed by atoms with van der Waals surface area (Å²) in [6.07, 6.45) is 1.08. The standard InChI is InChI=1S/C12H15BrClNO/c13-9-10-11(14)3-1-4-12(10)15-5-2-7-16-8-6-15/h1,3-4H,2,5-9H2. The maximum atomic E-state index is 6.20. The van der Waals surface area contributed by atoms with Gasteiger partial charge in [-0.1, -0.05) is 33.6 Å². The SMILES string of the molecule is Clc1cccc(N2CCCOCC2)c1CBr. The highest BCUT2D eigenvalue weighted by molar-refractivity contribution is 9.08. The van der Waals surface area contributed by atoms with Crippen molar-refractivity contribution in [1.29, 1.82) is 0 Å². The molecule has 0 aromatic heterocycles. The molecule has 0 bridgehead atoms. The second kappa shape index (κ2) is 5.89. The molecule has 1 fully saturated rings. The summed E-state index contributed by atoms with van der Waals surface area (Å²) in [6, 6.07) is 6.08. The molecule has 1 heterocycles. The van der Waals surface area contributed by atoms with E-state index in [9.17, 15) is 0 Å². The zero-order valence-electron chi connectivity index (χ0n) is 9.09. The average Bonchev–Trinajstić information content (AvgIpc) is 2.57. The highest BCUT2D eigenvalue weighted by atomic mass is 79.9. The van der Waals surface area contributed by atoms with Crippen LogP contribution in [0.25, 0.3) is 0 Å². The molecule has 2 nitrogen and oxygen atoms in total. The molecule has 0 spiro atoms. The van der Waals surface area contributed by atoms with Crippen LogP contribution in [0.3, 0.4) is 0 Å². The van der Waals surface area contributed by atoms with Crippen LogP contribution < -0.4 is 4.90 Å². The van der Waals surface area contributed by atoms with Gasteiger partial charge in [0.05, 0.1) is 6.61 Å². The summed E-state index contributed by atoms with van der Waals surface area (Å²) >= 11 is 9.70. The van der Waals surface area contributed by atoms with Gasteiger partial charge in [-0.2, -0.15) is 0 Å². The number of halogens is 2. The van der Waals surface area contributed by atoms with Gasteiger partial charge in [0, 0.05) is 41.3 Å². The molecule has 0 amide bonds. The second-order valence-electron chi connectivity index (χ2n) is 3.82. The van der Waals surface area contributed by atoms with E-state index in [2.05, 4.69) is 26.9 Å².